The maximum absolute atomic E-state index is 13.7. The van der Waals surface area contributed by atoms with Crippen LogP contribution in [0.1, 0.15) is 54.2 Å². The third kappa shape index (κ3) is 5.79. The summed E-state index contributed by atoms with van der Waals surface area (Å²) in [5.74, 6) is -3.65. The molecule has 1 amide bonds. The van der Waals surface area contributed by atoms with Crippen LogP contribution in [0.25, 0.3) is 5.65 Å². The van der Waals surface area contributed by atoms with Gasteiger partial charge in [0.15, 0.2) is 5.65 Å². The van der Waals surface area contributed by atoms with Crippen LogP contribution in [0.5, 0.6) is 0 Å². The summed E-state index contributed by atoms with van der Waals surface area (Å²) in [5.41, 5.74) is 0.920. The lowest BCUT2D eigenvalue weighted by Crippen LogP contribution is -2.37. The van der Waals surface area contributed by atoms with Gasteiger partial charge in [-0.1, -0.05) is 11.6 Å². The fourth-order valence-electron chi connectivity index (χ4n) is 3.92. The molecule has 1 unspecified atom stereocenters. The smallest absolute Gasteiger partial charge is 0.343 e. The van der Waals surface area contributed by atoms with Crippen LogP contribution < -0.4 is 5.32 Å². The van der Waals surface area contributed by atoms with Crippen LogP contribution in [0, 0.1) is 5.92 Å². The Morgan fingerprint density at radius 3 is 2.64 bits per heavy atom. The normalized spacial score (nSPS) is 17.9. The molecule has 0 bridgehead atoms. The van der Waals surface area contributed by atoms with Crippen molar-refractivity contribution in [1.82, 2.24) is 29.7 Å². The highest BCUT2D eigenvalue weighted by Crippen LogP contribution is 2.41. The van der Waals surface area contributed by atoms with Crippen molar-refractivity contribution in [2.45, 2.75) is 56.8 Å². The van der Waals surface area contributed by atoms with Crippen molar-refractivity contribution in [3.8, 4) is 0 Å². The van der Waals surface area contributed by atoms with E-state index in [0.29, 0.717) is 16.4 Å². The number of imidazole rings is 1. The van der Waals surface area contributed by atoms with Gasteiger partial charge in [0.25, 0.3) is 5.91 Å². The fraction of sp³-hybridized carbons (Fsp3) is 0.500. The van der Waals surface area contributed by atoms with Gasteiger partial charge >= 0.3 is 6.18 Å². The van der Waals surface area contributed by atoms with Crippen molar-refractivity contribution in [1.29, 1.82) is 0 Å². The van der Waals surface area contributed by atoms with Gasteiger partial charge < -0.3 is 5.32 Å². The SMILES string of the molecule is O=C(NC(c1cn2ncc(Cl)cc2n1)C1CCC(F)(F)CC1)c1cnn(CCC(F)(F)F)c1. The molecule has 178 valence electrons. The van der Waals surface area contributed by atoms with E-state index in [0.717, 1.165) is 4.68 Å². The minimum atomic E-state index is -4.34. The highest BCUT2D eigenvalue weighted by atomic mass is 35.5. The molecule has 0 aliphatic heterocycles. The number of fused-ring (bicyclic) bond motifs is 1. The Balaban J connectivity index is 1.55. The quantitative estimate of drug-likeness (QED) is 0.502. The third-order valence-corrected chi connectivity index (χ3v) is 5.87. The number of aromatic nitrogens is 5. The molecule has 0 radical (unpaired) electrons. The first-order chi connectivity index (χ1) is 15.5. The summed E-state index contributed by atoms with van der Waals surface area (Å²) >= 11 is 5.96. The second-order valence-electron chi connectivity index (χ2n) is 8.14. The number of carbonyl (C=O) groups is 1. The van der Waals surface area contributed by atoms with Crippen molar-refractivity contribution < 1.29 is 26.7 Å². The molecule has 3 aromatic rings. The van der Waals surface area contributed by atoms with E-state index < -0.39 is 37.0 Å². The van der Waals surface area contributed by atoms with Gasteiger partial charge in [-0.15, -0.1) is 0 Å². The minimum Gasteiger partial charge on any atom is -0.343 e. The predicted octanol–water partition coefficient (Wildman–Crippen LogP) is 4.83. The zero-order valence-electron chi connectivity index (χ0n) is 17.2. The molecule has 0 aromatic carbocycles. The van der Waals surface area contributed by atoms with E-state index >= 15 is 0 Å². The summed E-state index contributed by atoms with van der Waals surface area (Å²) in [6.07, 6.45) is -0.293. The number of hydrogen-bond donors (Lipinski definition) is 1. The number of nitrogens with zero attached hydrogens (tertiary/aromatic N) is 5. The zero-order chi connectivity index (χ0) is 23.8. The van der Waals surface area contributed by atoms with E-state index in [2.05, 4.69) is 20.5 Å². The summed E-state index contributed by atoms with van der Waals surface area (Å²) in [6, 6.07) is 0.879. The molecule has 4 rings (SSSR count). The molecular weight excluding hydrogens is 471 g/mol. The van der Waals surface area contributed by atoms with E-state index in [1.54, 1.807) is 12.3 Å². The zero-order valence-corrected chi connectivity index (χ0v) is 18.0. The number of nitrogens with one attached hydrogen (secondary N) is 1. The van der Waals surface area contributed by atoms with Crippen molar-refractivity contribution in [3.05, 3.63) is 47.1 Å². The van der Waals surface area contributed by atoms with Gasteiger partial charge in [0.05, 0.1) is 47.3 Å². The molecule has 1 fully saturated rings. The summed E-state index contributed by atoms with van der Waals surface area (Å²) in [6.45, 7) is -0.420. The molecule has 1 N–H and O–H groups in total. The van der Waals surface area contributed by atoms with E-state index in [1.807, 2.05) is 0 Å². The second kappa shape index (κ2) is 8.88. The maximum Gasteiger partial charge on any atom is 0.390 e. The van der Waals surface area contributed by atoms with Gasteiger partial charge in [0.1, 0.15) is 0 Å². The molecule has 0 saturated heterocycles. The Bertz CT molecular complexity index is 1130. The Labute approximate surface area is 189 Å². The van der Waals surface area contributed by atoms with Crippen LogP contribution in [-0.2, 0) is 6.54 Å². The van der Waals surface area contributed by atoms with Crippen molar-refractivity contribution in [2.24, 2.45) is 5.92 Å². The van der Waals surface area contributed by atoms with Crippen LogP contribution in [0.15, 0.2) is 30.9 Å². The Morgan fingerprint density at radius 1 is 1.21 bits per heavy atom. The third-order valence-electron chi connectivity index (χ3n) is 5.66. The maximum atomic E-state index is 13.7. The first kappa shape index (κ1) is 23.4. The summed E-state index contributed by atoms with van der Waals surface area (Å²) in [7, 11) is 0. The summed E-state index contributed by atoms with van der Waals surface area (Å²) in [5, 5.41) is 11.1. The molecule has 13 heteroatoms. The molecule has 3 heterocycles. The first-order valence-electron chi connectivity index (χ1n) is 10.3. The lowest BCUT2D eigenvalue weighted by molar-refractivity contribution is -0.137. The van der Waals surface area contributed by atoms with Crippen LogP contribution >= 0.6 is 11.6 Å². The molecule has 0 spiro atoms. The highest BCUT2D eigenvalue weighted by molar-refractivity contribution is 6.30. The molecule has 1 aliphatic carbocycles. The summed E-state index contributed by atoms with van der Waals surface area (Å²) in [4.78, 5) is 17.3. The lowest BCUT2D eigenvalue weighted by Gasteiger charge is -2.33. The monoisotopic (exact) mass is 490 g/mol. The van der Waals surface area contributed by atoms with E-state index in [9.17, 15) is 26.7 Å². The van der Waals surface area contributed by atoms with Crippen LogP contribution in [0.4, 0.5) is 22.0 Å². The number of halogens is 6. The van der Waals surface area contributed by atoms with Gasteiger partial charge in [-0.3, -0.25) is 9.48 Å². The minimum absolute atomic E-state index is 0.0632. The van der Waals surface area contributed by atoms with Crippen LogP contribution in [0.2, 0.25) is 5.02 Å². The van der Waals surface area contributed by atoms with Crippen molar-refractivity contribution >= 4 is 23.2 Å². The summed E-state index contributed by atoms with van der Waals surface area (Å²) < 4.78 is 67.3. The van der Waals surface area contributed by atoms with Gasteiger partial charge in [0.2, 0.25) is 5.92 Å². The van der Waals surface area contributed by atoms with E-state index in [1.165, 1.54) is 23.1 Å². The van der Waals surface area contributed by atoms with Gasteiger partial charge in [0, 0.05) is 31.6 Å². The predicted molar refractivity (Wildman–Crippen MR) is 108 cm³/mol. The Kier molecular flexibility index (Phi) is 6.30. The van der Waals surface area contributed by atoms with Crippen LogP contribution in [0.3, 0.4) is 0 Å². The topological polar surface area (TPSA) is 77.1 Å². The largest absolute Gasteiger partial charge is 0.390 e. The first-order valence-corrected chi connectivity index (χ1v) is 10.7. The molecule has 3 aromatic heterocycles. The van der Waals surface area contributed by atoms with Gasteiger partial charge in [-0.05, 0) is 18.8 Å². The molecule has 1 aliphatic rings. The van der Waals surface area contributed by atoms with E-state index in [-0.39, 0.29) is 37.2 Å². The molecule has 7 nitrogen and oxygen atoms in total. The van der Waals surface area contributed by atoms with Crippen molar-refractivity contribution in [2.75, 3.05) is 0 Å². The lowest BCUT2D eigenvalue weighted by atomic mass is 9.81. The number of carbonyl (C=O) groups excluding carboxylic acids is 1. The molecule has 1 atom stereocenters. The molecule has 33 heavy (non-hydrogen) atoms. The van der Waals surface area contributed by atoms with Crippen molar-refractivity contribution in [3.63, 3.8) is 0 Å². The number of hydrogen-bond acceptors (Lipinski definition) is 4. The highest BCUT2D eigenvalue weighted by Gasteiger charge is 2.39. The number of aryl methyl sites for hydroxylation is 1. The van der Waals surface area contributed by atoms with Crippen LogP contribution in [-0.4, -0.2) is 42.4 Å². The average Bonchev–Trinajstić information content (AvgIpc) is 3.37. The number of alkyl halides is 5. The number of rotatable bonds is 6. The average molecular weight is 491 g/mol. The Hall–Kier alpha value is -2.76. The molecular formula is C20H20ClF5N6O. The fourth-order valence-corrected chi connectivity index (χ4v) is 4.06. The standard InChI is InChI=1S/C20H20ClF5N6O/c21-14-7-16-29-15(11-32(16)28-9-14)17(12-1-3-19(22,23)4-2-12)30-18(33)13-8-27-31(10-13)6-5-20(24,25)26/h7-12,17H,1-6H2,(H,30,33). The number of amides is 1. The second-order valence-corrected chi connectivity index (χ2v) is 8.58. The van der Waals surface area contributed by atoms with Gasteiger partial charge in [-0.2, -0.15) is 23.4 Å². The van der Waals surface area contributed by atoms with Gasteiger partial charge in [-0.25, -0.2) is 18.3 Å². The molecule has 1 saturated carbocycles. The Morgan fingerprint density at radius 2 is 1.94 bits per heavy atom. The van der Waals surface area contributed by atoms with E-state index in [4.69, 9.17) is 11.6 Å².